The third-order valence-corrected chi connectivity index (χ3v) is 7.34. The van der Waals surface area contributed by atoms with Gasteiger partial charge in [0.1, 0.15) is 0 Å². The first-order valence-electron chi connectivity index (χ1n) is 5.50. The molecule has 2 rings (SSSR count). The van der Waals surface area contributed by atoms with Crippen LogP contribution in [-0.4, -0.2) is 60.7 Å². The molecule has 0 bridgehead atoms. The third-order valence-electron chi connectivity index (χ3n) is 2.84. The van der Waals surface area contributed by atoms with Gasteiger partial charge in [-0.05, 0) is 22.4 Å². The molecule has 0 radical (unpaired) electrons. The number of sulfone groups is 1. The lowest BCUT2D eigenvalue weighted by Gasteiger charge is -2.18. The summed E-state index contributed by atoms with van der Waals surface area (Å²) in [6.45, 7) is 0.140. The van der Waals surface area contributed by atoms with Crippen molar-refractivity contribution in [3.63, 3.8) is 0 Å². The minimum atomic E-state index is -3.79. The molecule has 1 fully saturated rings. The molecule has 1 aromatic heterocycles. The van der Waals surface area contributed by atoms with Gasteiger partial charge in [0, 0.05) is 20.1 Å². The molecule has 0 unspecified atom stereocenters. The maximum atomic E-state index is 12.5. The van der Waals surface area contributed by atoms with E-state index in [0.29, 0.717) is 6.42 Å². The van der Waals surface area contributed by atoms with Crippen LogP contribution in [-0.2, 0) is 26.9 Å². The van der Waals surface area contributed by atoms with E-state index in [2.05, 4.69) is 26.2 Å². The maximum absolute atomic E-state index is 12.5. The summed E-state index contributed by atoms with van der Waals surface area (Å²) in [4.78, 5) is 0. The molecule has 19 heavy (non-hydrogen) atoms. The number of hydrogen-bond donors (Lipinski definition) is 0. The predicted octanol–water partition coefficient (Wildman–Crippen LogP) is -0.613. The van der Waals surface area contributed by atoms with Crippen LogP contribution < -0.4 is 0 Å². The largest absolute Gasteiger partial charge is 0.263 e. The molecule has 0 spiro atoms. The summed E-state index contributed by atoms with van der Waals surface area (Å²) in [5, 5.41) is 7.20. The zero-order valence-electron chi connectivity index (χ0n) is 10.2. The molecule has 1 aromatic rings. The number of aryl methyl sites for hydroxylation is 1. The Morgan fingerprint density at radius 2 is 1.95 bits per heavy atom. The molecule has 2 heterocycles. The van der Waals surface area contributed by atoms with Gasteiger partial charge < -0.3 is 0 Å². The van der Waals surface area contributed by atoms with Gasteiger partial charge >= 0.3 is 0 Å². The van der Waals surface area contributed by atoms with Crippen molar-refractivity contribution in [3.8, 4) is 0 Å². The Bertz CT molecular complexity index is 662. The molecule has 0 atom stereocenters. The van der Waals surface area contributed by atoms with Crippen molar-refractivity contribution in [2.24, 2.45) is 7.05 Å². The van der Waals surface area contributed by atoms with Crippen LogP contribution in [0.4, 0.5) is 0 Å². The number of aromatic nitrogens is 3. The monoisotopic (exact) mass is 372 g/mol. The molecule has 11 heteroatoms. The maximum Gasteiger partial charge on any atom is 0.263 e. The fraction of sp³-hybridized carbons (Fsp3) is 0.750. The lowest BCUT2D eigenvalue weighted by atomic mass is 10.5. The molecule has 0 N–H and O–H groups in total. The van der Waals surface area contributed by atoms with Gasteiger partial charge in [-0.2, -0.15) is 4.31 Å². The number of nitrogens with zero attached hydrogens (tertiary/aromatic N) is 4. The van der Waals surface area contributed by atoms with E-state index in [-0.39, 0.29) is 34.2 Å². The Morgan fingerprint density at radius 3 is 2.53 bits per heavy atom. The summed E-state index contributed by atoms with van der Waals surface area (Å²) in [7, 11) is -5.48. The number of hydrogen-bond acceptors (Lipinski definition) is 6. The molecule has 0 aromatic carbocycles. The van der Waals surface area contributed by atoms with Gasteiger partial charge in [-0.25, -0.2) is 21.5 Å². The van der Waals surface area contributed by atoms with Crippen molar-refractivity contribution >= 4 is 35.8 Å². The molecule has 0 aliphatic carbocycles. The highest BCUT2D eigenvalue weighted by atomic mass is 79.9. The van der Waals surface area contributed by atoms with Gasteiger partial charge in [-0.15, -0.1) is 5.10 Å². The smallest absolute Gasteiger partial charge is 0.235 e. The minimum Gasteiger partial charge on any atom is -0.235 e. The molecular weight excluding hydrogens is 360 g/mol. The van der Waals surface area contributed by atoms with Crippen LogP contribution in [0.2, 0.25) is 0 Å². The number of sulfonamides is 1. The van der Waals surface area contributed by atoms with Crippen LogP contribution in [0.15, 0.2) is 9.63 Å². The molecule has 8 nitrogen and oxygen atoms in total. The summed E-state index contributed by atoms with van der Waals surface area (Å²) in [6.07, 6.45) is 0.296. The van der Waals surface area contributed by atoms with Crippen LogP contribution in [0.5, 0.6) is 0 Å². The summed E-state index contributed by atoms with van der Waals surface area (Å²) in [6, 6.07) is 0. The van der Waals surface area contributed by atoms with Crippen molar-refractivity contribution in [2.75, 3.05) is 24.6 Å². The van der Waals surface area contributed by atoms with Crippen molar-refractivity contribution in [2.45, 2.75) is 11.4 Å². The highest BCUT2D eigenvalue weighted by Gasteiger charge is 2.33. The van der Waals surface area contributed by atoms with Gasteiger partial charge in [-0.1, -0.05) is 5.21 Å². The Kier molecular flexibility index (Phi) is 4.00. The number of rotatable bonds is 2. The van der Waals surface area contributed by atoms with E-state index in [1.807, 2.05) is 0 Å². The van der Waals surface area contributed by atoms with Crippen molar-refractivity contribution < 1.29 is 16.8 Å². The SMILES string of the molecule is Cn1nnc(Br)c1S(=O)(=O)N1CCCS(=O)(=O)CC1. The highest BCUT2D eigenvalue weighted by molar-refractivity contribution is 9.10. The Balaban J connectivity index is 2.36. The fourth-order valence-corrected chi connectivity index (χ4v) is 5.77. The van der Waals surface area contributed by atoms with E-state index in [4.69, 9.17) is 0 Å². The quantitative estimate of drug-likeness (QED) is 0.685. The summed E-state index contributed by atoms with van der Waals surface area (Å²) >= 11 is 3.04. The van der Waals surface area contributed by atoms with E-state index >= 15 is 0 Å². The molecule has 1 aliphatic heterocycles. The molecule has 1 aliphatic rings. The second-order valence-corrected chi connectivity index (χ2v) is 9.13. The van der Waals surface area contributed by atoms with Gasteiger partial charge in [0.25, 0.3) is 10.0 Å². The third kappa shape index (κ3) is 2.98. The first-order valence-corrected chi connectivity index (χ1v) is 9.55. The summed E-state index contributed by atoms with van der Waals surface area (Å²) in [5.41, 5.74) is 0. The van der Waals surface area contributed by atoms with Crippen LogP contribution in [0.3, 0.4) is 0 Å². The van der Waals surface area contributed by atoms with Crippen molar-refractivity contribution in [3.05, 3.63) is 4.60 Å². The molecule has 108 valence electrons. The Morgan fingerprint density at radius 1 is 1.26 bits per heavy atom. The van der Waals surface area contributed by atoms with E-state index in [0.717, 1.165) is 4.68 Å². The lowest BCUT2D eigenvalue weighted by Crippen LogP contribution is -2.35. The second kappa shape index (κ2) is 5.11. The predicted molar refractivity (Wildman–Crippen MR) is 70.7 cm³/mol. The summed E-state index contributed by atoms with van der Waals surface area (Å²) < 4.78 is 50.4. The van der Waals surface area contributed by atoms with Crippen molar-refractivity contribution in [1.82, 2.24) is 19.3 Å². The van der Waals surface area contributed by atoms with Crippen LogP contribution in [0, 0.1) is 0 Å². The molecule has 0 saturated carbocycles. The zero-order chi connectivity index (χ0) is 14.3. The lowest BCUT2D eigenvalue weighted by molar-refractivity contribution is 0.427. The van der Waals surface area contributed by atoms with Crippen LogP contribution in [0.1, 0.15) is 6.42 Å². The van der Waals surface area contributed by atoms with Crippen molar-refractivity contribution in [1.29, 1.82) is 0 Å². The molecular formula is C8H13BrN4O4S2. The Labute approximate surface area is 119 Å². The normalized spacial score (nSPS) is 21.2. The highest BCUT2D eigenvalue weighted by Crippen LogP contribution is 2.23. The minimum absolute atomic E-state index is 0.0177. The van der Waals surface area contributed by atoms with Crippen LogP contribution in [0.25, 0.3) is 0 Å². The Hall–Kier alpha value is -0.520. The average Bonchev–Trinajstić information content (AvgIpc) is 2.52. The molecule has 0 amide bonds. The van der Waals surface area contributed by atoms with Gasteiger partial charge in [0.2, 0.25) is 5.03 Å². The van der Waals surface area contributed by atoms with E-state index in [1.165, 1.54) is 11.4 Å². The first kappa shape index (κ1) is 14.9. The topological polar surface area (TPSA) is 102 Å². The van der Waals surface area contributed by atoms with Gasteiger partial charge in [-0.3, -0.25) is 0 Å². The first-order chi connectivity index (χ1) is 8.74. The molecule has 1 saturated heterocycles. The van der Waals surface area contributed by atoms with Gasteiger partial charge in [0.05, 0.1) is 11.5 Å². The fourth-order valence-electron chi connectivity index (χ4n) is 1.87. The zero-order valence-corrected chi connectivity index (χ0v) is 13.4. The summed E-state index contributed by atoms with van der Waals surface area (Å²) in [5.74, 6) is -0.140. The number of halogens is 1. The van der Waals surface area contributed by atoms with E-state index < -0.39 is 19.9 Å². The van der Waals surface area contributed by atoms with E-state index in [1.54, 1.807) is 0 Å². The standard InChI is InChI=1S/C8H13BrN4O4S2/c1-12-8(7(9)10-11-12)19(16,17)13-3-2-5-18(14,15)6-4-13/h2-6H2,1H3. The van der Waals surface area contributed by atoms with Gasteiger partial charge in [0.15, 0.2) is 14.4 Å². The van der Waals surface area contributed by atoms with E-state index in [9.17, 15) is 16.8 Å². The second-order valence-electron chi connectivity index (χ2n) is 4.22. The van der Waals surface area contributed by atoms with Crippen LogP contribution >= 0.6 is 15.9 Å². The average molecular weight is 373 g/mol.